The Balaban J connectivity index is 1.66. The minimum atomic E-state index is -4.69. The predicted molar refractivity (Wildman–Crippen MR) is 110 cm³/mol. The Labute approximate surface area is 179 Å². The van der Waals surface area contributed by atoms with Gasteiger partial charge in [-0.1, -0.05) is 17.7 Å². The van der Waals surface area contributed by atoms with Crippen LogP contribution in [0.4, 0.5) is 18.9 Å². The van der Waals surface area contributed by atoms with Crippen molar-refractivity contribution >= 4 is 34.3 Å². The average Bonchev–Trinajstić information content (AvgIpc) is 3.29. The summed E-state index contributed by atoms with van der Waals surface area (Å²) in [6.45, 7) is 3.62. The van der Waals surface area contributed by atoms with E-state index in [1.165, 1.54) is 30.1 Å². The molecule has 2 aromatic heterocycles. The molecule has 0 aliphatic heterocycles. The van der Waals surface area contributed by atoms with Crippen LogP contribution in [0.3, 0.4) is 0 Å². The number of oxazole rings is 1. The van der Waals surface area contributed by atoms with Gasteiger partial charge in [-0.15, -0.1) is 0 Å². The minimum Gasteiger partial charge on any atom is -0.433 e. The van der Waals surface area contributed by atoms with E-state index in [-0.39, 0.29) is 17.0 Å². The number of hydrogen-bond acceptors (Lipinski definition) is 4. The zero-order valence-electron chi connectivity index (χ0n) is 16.7. The van der Waals surface area contributed by atoms with Crippen molar-refractivity contribution in [2.45, 2.75) is 20.0 Å². The van der Waals surface area contributed by atoms with Crippen molar-refractivity contribution in [1.29, 1.82) is 0 Å². The van der Waals surface area contributed by atoms with Gasteiger partial charge in [-0.25, -0.2) is 9.67 Å². The summed E-state index contributed by atoms with van der Waals surface area (Å²) < 4.78 is 44.9. The molecule has 0 fully saturated rings. The molecule has 6 nitrogen and oxygen atoms in total. The SMILES string of the molecule is Cc1nn(-c2cccc(C(=O)N(C)c3ccc4oc(C(F)(F)F)nc4c3)c2)c(C)c1Cl. The number of amides is 1. The molecule has 0 saturated carbocycles. The summed E-state index contributed by atoms with van der Waals surface area (Å²) in [7, 11) is 1.53. The van der Waals surface area contributed by atoms with E-state index in [9.17, 15) is 18.0 Å². The first kappa shape index (κ1) is 20.9. The minimum absolute atomic E-state index is 0.00973. The number of nitrogens with zero attached hydrogens (tertiary/aromatic N) is 4. The molecule has 0 spiro atoms. The third-order valence-electron chi connectivity index (χ3n) is 4.85. The van der Waals surface area contributed by atoms with Gasteiger partial charge in [-0.2, -0.15) is 18.3 Å². The zero-order chi connectivity index (χ0) is 22.5. The normalized spacial score (nSPS) is 11.8. The van der Waals surface area contributed by atoms with Gasteiger partial charge in [-0.05, 0) is 50.2 Å². The lowest BCUT2D eigenvalue weighted by molar-refractivity contribution is -0.156. The second-order valence-electron chi connectivity index (χ2n) is 6.98. The third-order valence-corrected chi connectivity index (χ3v) is 5.39. The van der Waals surface area contributed by atoms with Crippen LogP contribution in [0, 0.1) is 13.8 Å². The Bertz CT molecular complexity index is 1310. The van der Waals surface area contributed by atoms with E-state index in [4.69, 9.17) is 16.0 Å². The summed E-state index contributed by atoms with van der Waals surface area (Å²) in [4.78, 5) is 17.8. The van der Waals surface area contributed by atoms with Crippen LogP contribution >= 0.6 is 11.6 Å². The molecule has 160 valence electrons. The lowest BCUT2D eigenvalue weighted by atomic mass is 10.1. The van der Waals surface area contributed by atoms with Crippen LogP contribution in [0.2, 0.25) is 5.02 Å². The van der Waals surface area contributed by atoms with Crippen molar-refractivity contribution in [1.82, 2.24) is 14.8 Å². The van der Waals surface area contributed by atoms with Gasteiger partial charge < -0.3 is 9.32 Å². The van der Waals surface area contributed by atoms with Gasteiger partial charge in [0.15, 0.2) is 5.58 Å². The van der Waals surface area contributed by atoms with Gasteiger partial charge in [0.1, 0.15) is 5.52 Å². The standard InChI is InChI=1S/C21H16ClF3N4O2/c1-11-18(22)12(2)29(27-11)15-6-4-5-13(9-15)19(30)28(3)14-7-8-17-16(10-14)26-20(31-17)21(23,24)25/h4-10H,1-3H3. The number of aryl methyl sites for hydroxylation is 1. The van der Waals surface area contributed by atoms with Crippen molar-refractivity contribution in [3.8, 4) is 5.69 Å². The van der Waals surface area contributed by atoms with Crippen LogP contribution < -0.4 is 4.90 Å². The lowest BCUT2D eigenvalue weighted by Gasteiger charge is -2.18. The Morgan fingerprint density at radius 2 is 1.90 bits per heavy atom. The highest BCUT2D eigenvalue weighted by atomic mass is 35.5. The number of hydrogen-bond donors (Lipinski definition) is 0. The summed E-state index contributed by atoms with van der Waals surface area (Å²) in [5.74, 6) is -1.68. The molecular formula is C21H16ClF3N4O2. The molecule has 10 heteroatoms. The topological polar surface area (TPSA) is 64.2 Å². The van der Waals surface area contributed by atoms with Crippen molar-refractivity contribution in [3.63, 3.8) is 0 Å². The van der Waals surface area contributed by atoms with E-state index >= 15 is 0 Å². The Hall–Kier alpha value is -3.33. The summed E-state index contributed by atoms with van der Waals surface area (Å²) in [5.41, 5.74) is 2.82. The first-order valence-corrected chi connectivity index (χ1v) is 9.52. The maximum absolute atomic E-state index is 13.0. The molecule has 0 N–H and O–H groups in total. The summed E-state index contributed by atoms with van der Waals surface area (Å²) in [5, 5.41) is 4.94. The number of aromatic nitrogens is 3. The molecule has 2 heterocycles. The number of fused-ring (bicyclic) bond motifs is 1. The van der Waals surface area contributed by atoms with Crippen LogP contribution in [-0.4, -0.2) is 27.7 Å². The first-order chi connectivity index (χ1) is 14.6. The van der Waals surface area contributed by atoms with Crippen LogP contribution in [0.1, 0.15) is 27.6 Å². The maximum atomic E-state index is 13.0. The molecule has 2 aromatic carbocycles. The number of alkyl halides is 3. The molecule has 4 rings (SSSR count). The van der Waals surface area contributed by atoms with E-state index in [1.54, 1.807) is 35.9 Å². The monoisotopic (exact) mass is 448 g/mol. The van der Waals surface area contributed by atoms with E-state index < -0.39 is 12.1 Å². The highest BCUT2D eigenvalue weighted by Crippen LogP contribution is 2.32. The van der Waals surface area contributed by atoms with Crippen molar-refractivity contribution < 1.29 is 22.4 Å². The molecular weight excluding hydrogens is 433 g/mol. The van der Waals surface area contributed by atoms with Gasteiger partial charge in [0.05, 0.1) is 22.1 Å². The fourth-order valence-corrected chi connectivity index (χ4v) is 3.32. The van der Waals surface area contributed by atoms with E-state index in [2.05, 4.69) is 10.1 Å². The molecule has 0 bridgehead atoms. The quantitative estimate of drug-likeness (QED) is 0.410. The lowest BCUT2D eigenvalue weighted by Crippen LogP contribution is -2.26. The molecule has 0 aliphatic carbocycles. The zero-order valence-corrected chi connectivity index (χ0v) is 17.4. The number of anilines is 1. The second kappa shape index (κ2) is 7.42. The van der Waals surface area contributed by atoms with E-state index in [0.717, 1.165) is 5.69 Å². The number of carbonyl (C=O) groups excluding carboxylic acids is 1. The number of rotatable bonds is 3. The van der Waals surface area contributed by atoms with Crippen LogP contribution in [-0.2, 0) is 6.18 Å². The highest BCUT2D eigenvalue weighted by Gasteiger charge is 2.37. The molecule has 0 unspecified atom stereocenters. The van der Waals surface area contributed by atoms with Crippen molar-refractivity contribution in [2.75, 3.05) is 11.9 Å². The molecule has 0 saturated heterocycles. The van der Waals surface area contributed by atoms with Gasteiger partial charge >= 0.3 is 12.1 Å². The Kier molecular flexibility index (Phi) is 5.01. The molecule has 0 radical (unpaired) electrons. The number of benzene rings is 2. The van der Waals surface area contributed by atoms with Crippen molar-refractivity contribution in [3.05, 3.63) is 70.3 Å². The maximum Gasteiger partial charge on any atom is 0.468 e. The largest absolute Gasteiger partial charge is 0.468 e. The fraction of sp³-hybridized carbons (Fsp3) is 0.190. The van der Waals surface area contributed by atoms with Crippen molar-refractivity contribution in [2.24, 2.45) is 0 Å². The van der Waals surface area contributed by atoms with E-state index in [1.807, 2.05) is 6.92 Å². The third kappa shape index (κ3) is 3.76. The highest BCUT2D eigenvalue weighted by molar-refractivity contribution is 6.31. The first-order valence-electron chi connectivity index (χ1n) is 9.14. The second-order valence-corrected chi connectivity index (χ2v) is 7.36. The Morgan fingerprint density at radius 1 is 1.16 bits per heavy atom. The smallest absolute Gasteiger partial charge is 0.433 e. The van der Waals surface area contributed by atoms with Crippen LogP contribution in [0.5, 0.6) is 0 Å². The number of halogens is 4. The molecule has 0 atom stereocenters. The molecule has 4 aromatic rings. The summed E-state index contributed by atoms with van der Waals surface area (Å²) >= 11 is 6.22. The van der Waals surface area contributed by atoms with Crippen LogP contribution in [0.15, 0.2) is 46.9 Å². The number of carbonyl (C=O) groups is 1. The summed E-state index contributed by atoms with van der Waals surface area (Å²) in [6, 6.07) is 11.1. The van der Waals surface area contributed by atoms with Gasteiger partial charge in [0.2, 0.25) is 0 Å². The predicted octanol–water partition coefficient (Wildman–Crippen LogP) is 5.58. The fourth-order valence-electron chi connectivity index (χ4n) is 3.20. The van der Waals surface area contributed by atoms with Gasteiger partial charge in [0.25, 0.3) is 5.91 Å². The van der Waals surface area contributed by atoms with Crippen LogP contribution in [0.25, 0.3) is 16.8 Å². The summed E-state index contributed by atoms with van der Waals surface area (Å²) in [6.07, 6.45) is -4.69. The molecule has 1 amide bonds. The van der Waals surface area contributed by atoms with E-state index in [0.29, 0.717) is 27.7 Å². The van der Waals surface area contributed by atoms with Gasteiger partial charge in [-0.3, -0.25) is 4.79 Å². The molecule has 0 aliphatic rings. The molecule has 31 heavy (non-hydrogen) atoms. The van der Waals surface area contributed by atoms with Gasteiger partial charge in [0, 0.05) is 18.3 Å². The Morgan fingerprint density at radius 3 is 2.55 bits per heavy atom. The average molecular weight is 449 g/mol.